The lowest BCUT2D eigenvalue weighted by Crippen LogP contribution is -2.53. The van der Waals surface area contributed by atoms with E-state index in [2.05, 4.69) is 19.9 Å². The number of likely N-dealkylation sites (N-methyl/N-ethyl adjacent to an activating group) is 2. The highest BCUT2D eigenvalue weighted by Crippen LogP contribution is 2.54. The highest BCUT2D eigenvalue weighted by Gasteiger charge is 2.66. The molecule has 1 saturated carbocycles. The molecule has 2 heterocycles. The van der Waals surface area contributed by atoms with Crippen molar-refractivity contribution in [3.05, 3.63) is 11.6 Å². The number of ether oxygens (including phenoxy) is 4. The molecule has 0 bridgehead atoms. The zero-order valence-corrected chi connectivity index (χ0v) is 19.3. The molecule has 176 valence electrons. The Morgan fingerprint density at radius 3 is 2.48 bits per heavy atom. The molecule has 1 aliphatic carbocycles. The molecule has 6 atom stereocenters. The standard InChI is InChI=1S/C22H37N3O6/c1-14(2)6-7-15-20(30-15)18-19(28-5)16(8-9-22(18)13-29-22)31-21(27)25(4)11-10-24(3)17(26)12-23/h6,15-16,18-20H,7-13,23H2,1-5H3. The Hall–Kier alpha value is -1.68. The van der Waals surface area contributed by atoms with Gasteiger partial charge in [-0.15, -0.1) is 0 Å². The minimum absolute atomic E-state index is 0.0400. The predicted molar refractivity (Wildman–Crippen MR) is 115 cm³/mol. The molecule has 0 radical (unpaired) electrons. The van der Waals surface area contributed by atoms with Crippen molar-refractivity contribution in [3.63, 3.8) is 0 Å². The molecule has 2 aliphatic heterocycles. The first kappa shape index (κ1) is 24.0. The minimum atomic E-state index is -0.426. The normalized spacial score (nSPS) is 33.5. The largest absolute Gasteiger partial charge is 0.443 e. The Labute approximate surface area is 184 Å². The summed E-state index contributed by atoms with van der Waals surface area (Å²) in [4.78, 5) is 27.3. The molecule has 6 unspecified atom stereocenters. The summed E-state index contributed by atoms with van der Waals surface area (Å²) in [7, 11) is 4.98. The van der Waals surface area contributed by atoms with Crippen molar-refractivity contribution in [2.24, 2.45) is 11.7 Å². The zero-order valence-electron chi connectivity index (χ0n) is 19.3. The van der Waals surface area contributed by atoms with Crippen LogP contribution in [0, 0.1) is 5.92 Å². The summed E-state index contributed by atoms with van der Waals surface area (Å²) < 4.78 is 23.6. The molecule has 0 aromatic rings. The van der Waals surface area contributed by atoms with Gasteiger partial charge in [0.2, 0.25) is 5.91 Å². The summed E-state index contributed by atoms with van der Waals surface area (Å²) >= 11 is 0. The van der Waals surface area contributed by atoms with Crippen LogP contribution in [-0.4, -0.2) is 99.3 Å². The lowest BCUT2D eigenvalue weighted by Gasteiger charge is -2.40. The molecule has 0 aromatic heterocycles. The van der Waals surface area contributed by atoms with Crippen molar-refractivity contribution in [2.45, 2.75) is 63.1 Å². The number of rotatable bonds is 9. The second kappa shape index (κ2) is 9.85. The van der Waals surface area contributed by atoms with Gasteiger partial charge in [0.05, 0.1) is 31.0 Å². The summed E-state index contributed by atoms with van der Waals surface area (Å²) in [5, 5.41) is 0. The molecule has 3 rings (SSSR count). The van der Waals surface area contributed by atoms with E-state index in [1.165, 1.54) is 15.4 Å². The summed E-state index contributed by atoms with van der Waals surface area (Å²) in [6, 6.07) is 0. The number of nitrogens with two attached hydrogens (primary N) is 1. The smallest absolute Gasteiger partial charge is 0.409 e. The highest BCUT2D eigenvalue weighted by molar-refractivity contribution is 5.77. The SMILES string of the molecule is COC1C(OC(=O)N(C)CCN(C)C(=O)CN)CCC2(CO2)C1C1OC1CC=C(C)C. The summed E-state index contributed by atoms with van der Waals surface area (Å²) in [6.07, 6.45) is 3.71. The number of nitrogens with zero attached hydrogens (tertiary/aromatic N) is 2. The number of methoxy groups -OCH3 is 1. The van der Waals surface area contributed by atoms with E-state index in [-0.39, 0.29) is 48.4 Å². The van der Waals surface area contributed by atoms with Crippen molar-refractivity contribution < 1.29 is 28.5 Å². The summed E-state index contributed by atoms with van der Waals surface area (Å²) in [5.74, 6) is -0.128. The molecule has 2 N–H and O–H groups in total. The van der Waals surface area contributed by atoms with Gasteiger partial charge in [-0.05, 0) is 33.1 Å². The van der Waals surface area contributed by atoms with Gasteiger partial charge < -0.3 is 34.5 Å². The van der Waals surface area contributed by atoms with Crippen LogP contribution in [-0.2, 0) is 23.7 Å². The Bertz CT molecular complexity index is 691. The van der Waals surface area contributed by atoms with Crippen molar-refractivity contribution >= 4 is 12.0 Å². The number of carbonyl (C=O) groups is 2. The second-order valence-electron chi connectivity index (χ2n) is 9.14. The average molecular weight is 440 g/mol. The van der Waals surface area contributed by atoms with E-state index in [4.69, 9.17) is 24.7 Å². The molecule has 3 aliphatic rings. The van der Waals surface area contributed by atoms with Crippen LogP contribution in [0.5, 0.6) is 0 Å². The van der Waals surface area contributed by atoms with Crippen molar-refractivity contribution in [3.8, 4) is 0 Å². The topological polar surface area (TPSA) is 110 Å². The van der Waals surface area contributed by atoms with E-state index in [1.807, 2.05) is 0 Å². The molecule has 9 nitrogen and oxygen atoms in total. The maximum absolute atomic E-state index is 12.7. The maximum Gasteiger partial charge on any atom is 0.409 e. The van der Waals surface area contributed by atoms with E-state index in [1.54, 1.807) is 21.2 Å². The lowest BCUT2D eigenvalue weighted by atomic mass is 9.73. The van der Waals surface area contributed by atoms with E-state index in [0.717, 1.165) is 12.8 Å². The van der Waals surface area contributed by atoms with Crippen LogP contribution in [0.15, 0.2) is 11.6 Å². The van der Waals surface area contributed by atoms with Crippen LogP contribution in [0.25, 0.3) is 0 Å². The van der Waals surface area contributed by atoms with Gasteiger partial charge in [0.1, 0.15) is 12.2 Å². The van der Waals surface area contributed by atoms with Crippen LogP contribution in [0.1, 0.15) is 33.1 Å². The fraction of sp³-hybridized carbons (Fsp3) is 0.818. The Balaban J connectivity index is 1.58. The fourth-order valence-corrected chi connectivity index (χ4v) is 4.49. The van der Waals surface area contributed by atoms with Crippen molar-refractivity contribution in [1.82, 2.24) is 9.80 Å². The quantitative estimate of drug-likeness (QED) is 0.424. The summed E-state index contributed by atoms with van der Waals surface area (Å²) in [5.41, 5.74) is 6.43. The Morgan fingerprint density at radius 1 is 1.23 bits per heavy atom. The van der Waals surface area contributed by atoms with E-state index >= 15 is 0 Å². The van der Waals surface area contributed by atoms with Crippen LogP contribution in [0.3, 0.4) is 0 Å². The number of hydrogen-bond donors (Lipinski definition) is 1. The van der Waals surface area contributed by atoms with Gasteiger partial charge in [-0.3, -0.25) is 4.79 Å². The monoisotopic (exact) mass is 439 g/mol. The van der Waals surface area contributed by atoms with E-state index in [9.17, 15) is 9.59 Å². The zero-order chi connectivity index (χ0) is 22.8. The maximum atomic E-state index is 12.7. The van der Waals surface area contributed by atoms with E-state index in [0.29, 0.717) is 26.1 Å². The molecular weight excluding hydrogens is 402 g/mol. The first-order valence-corrected chi connectivity index (χ1v) is 11.0. The third-order valence-corrected chi connectivity index (χ3v) is 6.64. The van der Waals surface area contributed by atoms with E-state index < -0.39 is 6.09 Å². The number of carbonyl (C=O) groups excluding carboxylic acids is 2. The molecule has 3 fully saturated rings. The van der Waals surface area contributed by atoms with Crippen LogP contribution < -0.4 is 5.73 Å². The number of amides is 2. The first-order valence-electron chi connectivity index (χ1n) is 11.0. The van der Waals surface area contributed by atoms with Gasteiger partial charge >= 0.3 is 6.09 Å². The molecular formula is C22H37N3O6. The third-order valence-electron chi connectivity index (χ3n) is 6.64. The molecule has 31 heavy (non-hydrogen) atoms. The Kier molecular flexibility index (Phi) is 7.62. The van der Waals surface area contributed by atoms with Gasteiger partial charge in [-0.25, -0.2) is 4.79 Å². The van der Waals surface area contributed by atoms with Crippen molar-refractivity contribution in [2.75, 3.05) is 47.4 Å². The average Bonchev–Trinajstić information content (AvgIpc) is 3.67. The molecule has 9 heteroatoms. The number of hydrogen-bond acceptors (Lipinski definition) is 7. The first-order chi connectivity index (χ1) is 14.7. The van der Waals surface area contributed by atoms with Gasteiger partial charge in [-0.2, -0.15) is 0 Å². The van der Waals surface area contributed by atoms with Crippen LogP contribution in [0.2, 0.25) is 0 Å². The molecule has 2 saturated heterocycles. The van der Waals surface area contributed by atoms with Gasteiger partial charge in [0.25, 0.3) is 0 Å². The lowest BCUT2D eigenvalue weighted by molar-refractivity contribution is -0.128. The molecule has 2 amide bonds. The van der Waals surface area contributed by atoms with Gasteiger partial charge in [0.15, 0.2) is 0 Å². The predicted octanol–water partition coefficient (Wildman–Crippen LogP) is 1.16. The summed E-state index contributed by atoms with van der Waals surface area (Å²) in [6.45, 7) is 5.56. The molecule has 1 spiro atoms. The van der Waals surface area contributed by atoms with Crippen molar-refractivity contribution in [1.29, 1.82) is 0 Å². The number of epoxide rings is 2. The highest BCUT2D eigenvalue weighted by atomic mass is 16.6. The van der Waals surface area contributed by atoms with Gasteiger partial charge in [0, 0.05) is 40.2 Å². The Morgan fingerprint density at radius 2 is 1.90 bits per heavy atom. The van der Waals surface area contributed by atoms with Gasteiger partial charge in [-0.1, -0.05) is 11.6 Å². The van der Waals surface area contributed by atoms with Crippen LogP contribution in [0.4, 0.5) is 4.79 Å². The number of allylic oxidation sites excluding steroid dienone is 1. The minimum Gasteiger partial charge on any atom is -0.443 e. The fourth-order valence-electron chi connectivity index (χ4n) is 4.49. The second-order valence-corrected chi connectivity index (χ2v) is 9.14. The molecule has 0 aromatic carbocycles. The third kappa shape index (κ3) is 5.58. The van der Waals surface area contributed by atoms with Crippen LogP contribution >= 0.6 is 0 Å².